The van der Waals surface area contributed by atoms with E-state index in [0.717, 1.165) is 6.08 Å². The predicted octanol–water partition coefficient (Wildman–Crippen LogP) is -0.492. The number of ether oxygens (including phenoxy) is 2. The lowest BCUT2D eigenvalue weighted by Crippen LogP contribution is -2.59. The number of carbonyl (C=O) groups excluding carboxylic acids is 2. The molecule has 1 heterocycles. The fraction of sp³-hybridized carbons (Fsp3) is 0.619. The number of aliphatic hydroxyl groups excluding tert-OH is 4. The molecule has 1 fully saturated rings. The molecule has 0 aromatic rings. The molecular formula is C21H30O9. The molecule has 9 nitrogen and oxygen atoms in total. The van der Waals surface area contributed by atoms with Gasteiger partial charge in [0.25, 0.3) is 0 Å². The quantitative estimate of drug-likeness (QED) is 0.222. The Morgan fingerprint density at radius 3 is 2.47 bits per heavy atom. The summed E-state index contributed by atoms with van der Waals surface area (Å²) in [5, 5.41) is 49.7. The number of esters is 1. The van der Waals surface area contributed by atoms with Crippen LogP contribution in [0.2, 0.25) is 0 Å². The van der Waals surface area contributed by atoms with E-state index in [9.17, 15) is 35.1 Å². The zero-order valence-corrected chi connectivity index (χ0v) is 17.5. The Bertz CT molecular complexity index is 764. The summed E-state index contributed by atoms with van der Waals surface area (Å²) >= 11 is 0. The molecule has 2 rings (SSSR count). The van der Waals surface area contributed by atoms with Gasteiger partial charge in [-0.25, -0.2) is 4.79 Å². The summed E-state index contributed by atoms with van der Waals surface area (Å²) in [5.41, 5.74) is -1.21. The van der Waals surface area contributed by atoms with Crippen LogP contribution >= 0.6 is 0 Å². The Labute approximate surface area is 174 Å². The molecular weight excluding hydrogens is 396 g/mol. The van der Waals surface area contributed by atoms with Gasteiger partial charge >= 0.3 is 5.97 Å². The van der Waals surface area contributed by atoms with Gasteiger partial charge in [-0.1, -0.05) is 19.9 Å². The van der Waals surface area contributed by atoms with E-state index in [0.29, 0.717) is 11.1 Å². The molecule has 9 heteroatoms. The first-order valence-electron chi connectivity index (χ1n) is 9.65. The zero-order chi connectivity index (χ0) is 22.9. The van der Waals surface area contributed by atoms with Gasteiger partial charge in [-0.3, -0.25) is 4.79 Å². The lowest BCUT2D eigenvalue weighted by molar-refractivity contribution is -0.291. The number of carbonyl (C=O) groups is 2. The Morgan fingerprint density at radius 2 is 1.90 bits per heavy atom. The predicted molar refractivity (Wildman–Crippen MR) is 105 cm³/mol. The molecule has 168 valence electrons. The van der Waals surface area contributed by atoms with Gasteiger partial charge in [0.15, 0.2) is 5.78 Å². The monoisotopic (exact) mass is 426 g/mol. The summed E-state index contributed by atoms with van der Waals surface area (Å²) in [5.74, 6) is -0.954. The van der Waals surface area contributed by atoms with Gasteiger partial charge in [0, 0.05) is 17.9 Å². The van der Waals surface area contributed by atoms with Gasteiger partial charge in [0.05, 0.1) is 6.61 Å². The second-order valence-electron chi connectivity index (χ2n) is 8.48. The van der Waals surface area contributed by atoms with Gasteiger partial charge in [0.1, 0.15) is 30.0 Å². The van der Waals surface area contributed by atoms with Crippen LogP contribution in [-0.2, 0) is 19.1 Å². The van der Waals surface area contributed by atoms with Crippen LogP contribution < -0.4 is 0 Å². The van der Waals surface area contributed by atoms with E-state index in [4.69, 9.17) is 9.47 Å². The maximum absolute atomic E-state index is 12.2. The Hall–Kier alpha value is -1.88. The number of allylic oxidation sites excluding steroid dienone is 3. The third kappa shape index (κ3) is 4.88. The van der Waals surface area contributed by atoms with Crippen molar-refractivity contribution in [2.75, 3.05) is 6.61 Å². The summed E-state index contributed by atoms with van der Waals surface area (Å²) in [6, 6.07) is 0. The van der Waals surface area contributed by atoms with Gasteiger partial charge in [-0.05, 0) is 37.1 Å². The number of hydrogen-bond acceptors (Lipinski definition) is 9. The largest absolute Gasteiger partial charge is 0.430 e. The van der Waals surface area contributed by atoms with E-state index in [1.807, 2.05) is 0 Å². The standard InChI is InChI=1S/C21H30O9/c1-11(5-6-21(28)12(2)8-13(23)9-20(21,3)4)7-15(24)30-19-18(27)17(26)16(25)14(10-22)29-19/h5-8,14,16-19,22,25-28H,9-10H2,1-4H3/b6-5?,11-7-/t14-,16-,17+,18-,19?,21?/m1/s1. The molecule has 2 aliphatic rings. The maximum Gasteiger partial charge on any atom is 0.333 e. The van der Waals surface area contributed by atoms with Gasteiger partial charge in [-0.2, -0.15) is 0 Å². The number of hydrogen-bond donors (Lipinski definition) is 5. The number of aliphatic hydroxyl groups is 5. The minimum absolute atomic E-state index is 0.0639. The van der Waals surface area contributed by atoms with Crippen molar-refractivity contribution in [3.63, 3.8) is 0 Å². The molecule has 0 aromatic carbocycles. The van der Waals surface area contributed by atoms with Crippen molar-refractivity contribution in [2.45, 2.75) is 70.4 Å². The molecule has 1 saturated heterocycles. The molecule has 0 aromatic heterocycles. The van der Waals surface area contributed by atoms with Crippen molar-refractivity contribution < 1.29 is 44.6 Å². The molecule has 2 unspecified atom stereocenters. The summed E-state index contributed by atoms with van der Waals surface area (Å²) in [6.07, 6.45) is -1.95. The summed E-state index contributed by atoms with van der Waals surface area (Å²) < 4.78 is 10.1. The normalized spacial score (nSPS) is 37.2. The van der Waals surface area contributed by atoms with Crippen LogP contribution in [0, 0.1) is 5.41 Å². The Balaban J connectivity index is 2.11. The van der Waals surface area contributed by atoms with Crippen molar-refractivity contribution in [3.05, 3.63) is 35.5 Å². The Kier molecular flexibility index (Phi) is 7.39. The highest BCUT2D eigenvalue weighted by atomic mass is 16.7. The van der Waals surface area contributed by atoms with Crippen molar-refractivity contribution in [3.8, 4) is 0 Å². The van der Waals surface area contributed by atoms with E-state index in [2.05, 4.69) is 0 Å². The Morgan fingerprint density at radius 1 is 1.27 bits per heavy atom. The molecule has 0 saturated carbocycles. The third-order valence-corrected chi connectivity index (χ3v) is 5.64. The van der Waals surface area contributed by atoms with Crippen LogP contribution in [0.5, 0.6) is 0 Å². The van der Waals surface area contributed by atoms with Gasteiger partial charge in [-0.15, -0.1) is 0 Å². The number of rotatable bonds is 5. The second kappa shape index (κ2) is 9.09. The molecule has 5 N–H and O–H groups in total. The highest BCUT2D eigenvalue weighted by Gasteiger charge is 2.47. The van der Waals surface area contributed by atoms with Crippen LogP contribution in [0.1, 0.15) is 34.1 Å². The first kappa shape index (κ1) is 24.4. The fourth-order valence-electron chi connectivity index (χ4n) is 3.66. The van der Waals surface area contributed by atoms with Crippen molar-refractivity contribution in [1.29, 1.82) is 0 Å². The third-order valence-electron chi connectivity index (χ3n) is 5.64. The fourth-order valence-corrected chi connectivity index (χ4v) is 3.66. The highest BCUT2D eigenvalue weighted by Crippen LogP contribution is 2.44. The van der Waals surface area contributed by atoms with E-state index in [-0.39, 0.29) is 12.2 Å². The van der Waals surface area contributed by atoms with Gasteiger partial charge < -0.3 is 35.0 Å². The lowest BCUT2D eigenvalue weighted by atomic mass is 9.64. The highest BCUT2D eigenvalue weighted by molar-refractivity contribution is 5.92. The number of ketones is 1. The minimum atomic E-state index is -1.69. The molecule has 30 heavy (non-hydrogen) atoms. The molecule has 0 amide bonds. The topological polar surface area (TPSA) is 154 Å². The summed E-state index contributed by atoms with van der Waals surface area (Å²) in [4.78, 5) is 24.0. The average Bonchev–Trinajstić information content (AvgIpc) is 2.64. The SMILES string of the molecule is CC1=CC(=O)CC(C)(C)C1(O)C=C/C(C)=C\C(=O)OC1O[C@H](CO)[C@@H](O)[C@H](O)[C@H]1O. The van der Waals surface area contributed by atoms with Crippen molar-refractivity contribution in [1.82, 2.24) is 0 Å². The molecule has 1 aliphatic heterocycles. The first-order valence-corrected chi connectivity index (χ1v) is 9.65. The zero-order valence-electron chi connectivity index (χ0n) is 17.5. The maximum atomic E-state index is 12.2. The first-order chi connectivity index (χ1) is 13.8. The molecule has 1 aliphatic carbocycles. The summed E-state index contributed by atoms with van der Waals surface area (Å²) in [7, 11) is 0. The molecule has 0 spiro atoms. The van der Waals surface area contributed by atoms with Crippen molar-refractivity contribution >= 4 is 11.8 Å². The minimum Gasteiger partial charge on any atom is -0.430 e. The molecule has 0 bridgehead atoms. The van der Waals surface area contributed by atoms with E-state index in [1.54, 1.807) is 27.7 Å². The van der Waals surface area contributed by atoms with Crippen molar-refractivity contribution in [2.24, 2.45) is 5.41 Å². The van der Waals surface area contributed by atoms with E-state index >= 15 is 0 Å². The summed E-state index contributed by atoms with van der Waals surface area (Å²) in [6.45, 7) is 6.17. The van der Waals surface area contributed by atoms with Gasteiger partial charge in [0.2, 0.25) is 6.29 Å². The smallest absolute Gasteiger partial charge is 0.333 e. The van der Waals surface area contributed by atoms with Crippen LogP contribution in [-0.4, -0.2) is 80.2 Å². The average molecular weight is 426 g/mol. The molecule has 6 atom stereocenters. The van der Waals surface area contributed by atoms with Crippen LogP contribution in [0.4, 0.5) is 0 Å². The van der Waals surface area contributed by atoms with E-state index in [1.165, 1.54) is 18.2 Å². The van der Waals surface area contributed by atoms with Crippen LogP contribution in [0.25, 0.3) is 0 Å². The second-order valence-corrected chi connectivity index (χ2v) is 8.48. The van der Waals surface area contributed by atoms with Crippen LogP contribution in [0.15, 0.2) is 35.5 Å². The lowest BCUT2D eigenvalue weighted by Gasteiger charge is -2.44. The molecule has 0 radical (unpaired) electrons. The van der Waals surface area contributed by atoms with E-state index < -0.39 is 54.3 Å². The van der Waals surface area contributed by atoms with Crippen LogP contribution in [0.3, 0.4) is 0 Å².